The van der Waals surface area contributed by atoms with E-state index in [0.717, 1.165) is 25.2 Å². The highest BCUT2D eigenvalue weighted by molar-refractivity contribution is 5.34. The normalized spacial score (nSPS) is 12.1. The van der Waals surface area contributed by atoms with E-state index in [0.29, 0.717) is 5.92 Å². The number of benzene rings is 1. The second kappa shape index (κ2) is 9.34. The largest absolute Gasteiger partial charge is 0.494 e. The highest BCUT2D eigenvalue weighted by atomic mass is 16.5. The minimum absolute atomic E-state index is 0.354. The molecule has 1 atom stereocenters. The average molecular weight is 311 g/mol. The fraction of sp³-hybridized carbons (Fsp3) is 0.476. The molecule has 1 aromatic carbocycles. The summed E-state index contributed by atoms with van der Waals surface area (Å²) >= 11 is 0. The van der Waals surface area contributed by atoms with E-state index in [1.54, 1.807) is 0 Å². The van der Waals surface area contributed by atoms with Crippen LogP contribution in [-0.4, -0.2) is 11.6 Å². The molecule has 0 radical (unpaired) electrons. The van der Waals surface area contributed by atoms with Gasteiger partial charge in [-0.15, -0.1) is 0 Å². The van der Waals surface area contributed by atoms with E-state index in [-0.39, 0.29) is 0 Å². The third-order valence-corrected chi connectivity index (χ3v) is 4.24. The Morgan fingerprint density at radius 2 is 1.65 bits per heavy atom. The van der Waals surface area contributed by atoms with Gasteiger partial charge in [-0.1, -0.05) is 51.8 Å². The second-order valence-electron chi connectivity index (χ2n) is 6.18. The molecule has 0 spiro atoms. The molecule has 124 valence electrons. The summed E-state index contributed by atoms with van der Waals surface area (Å²) in [6, 6.07) is 12.8. The van der Waals surface area contributed by atoms with Crippen molar-refractivity contribution in [3.8, 4) is 5.75 Å². The molecule has 0 amide bonds. The SMILES string of the molecule is CCCCCc1ccc(C(C)c2ccc(OCCC)cc2)cn1. The third-order valence-electron chi connectivity index (χ3n) is 4.24. The number of hydrogen-bond donors (Lipinski definition) is 0. The second-order valence-corrected chi connectivity index (χ2v) is 6.18. The van der Waals surface area contributed by atoms with Gasteiger partial charge in [-0.3, -0.25) is 4.98 Å². The van der Waals surface area contributed by atoms with Gasteiger partial charge >= 0.3 is 0 Å². The molecule has 0 aliphatic rings. The van der Waals surface area contributed by atoms with Gasteiger partial charge in [0.25, 0.3) is 0 Å². The van der Waals surface area contributed by atoms with Gasteiger partial charge in [0.15, 0.2) is 0 Å². The van der Waals surface area contributed by atoms with Gasteiger partial charge in [-0.2, -0.15) is 0 Å². The number of ether oxygens (including phenoxy) is 1. The van der Waals surface area contributed by atoms with Crippen LogP contribution in [-0.2, 0) is 6.42 Å². The van der Waals surface area contributed by atoms with Gasteiger partial charge in [0.1, 0.15) is 5.75 Å². The van der Waals surface area contributed by atoms with Crippen molar-refractivity contribution in [2.75, 3.05) is 6.61 Å². The van der Waals surface area contributed by atoms with Crippen LogP contribution >= 0.6 is 0 Å². The zero-order valence-corrected chi connectivity index (χ0v) is 14.7. The van der Waals surface area contributed by atoms with Crippen LogP contribution in [0.1, 0.15) is 69.2 Å². The molecule has 0 bridgehead atoms. The Kier molecular flexibility index (Phi) is 7.12. The van der Waals surface area contributed by atoms with Gasteiger partial charge in [-0.25, -0.2) is 0 Å². The van der Waals surface area contributed by atoms with Gasteiger partial charge in [-0.05, 0) is 48.6 Å². The molecule has 0 aliphatic carbocycles. The van der Waals surface area contributed by atoms with E-state index < -0.39 is 0 Å². The predicted octanol–water partition coefficient (Wildman–Crippen LogP) is 5.75. The molecule has 1 aromatic heterocycles. The first kappa shape index (κ1) is 17.5. The Morgan fingerprint density at radius 3 is 2.26 bits per heavy atom. The van der Waals surface area contributed by atoms with Crippen molar-refractivity contribution in [2.24, 2.45) is 0 Å². The summed E-state index contributed by atoms with van der Waals surface area (Å²) in [7, 11) is 0. The smallest absolute Gasteiger partial charge is 0.119 e. The molecule has 0 saturated heterocycles. The van der Waals surface area contributed by atoms with Crippen LogP contribution in [0.25, 0.3) is 0 Å². The van der Waals surface area contributed by atoms with Crippen LogP contribution in [0.4, 0.5) is 0 Å². The number of hydrogen-bond acceptors (Lipinski definition) is 2. The van der Waals surface area contributed by atoms with Crippen molar-refractivity contribution in [3.63, 3.8) is 0 Å². The molecule has 0 fully saturated rings. The van der Waals surface area contributed by atoms with Crippen molar-refractivity contribution in [2.45, 2.75) is 58.8 Å². The summed E-state index contributed by atoms with van der Waals surface area (Å²) in [4.78, 5) is 4.63. The first-order valence-corrected chi connectivity index (χ1v) is 8.92. The van der Waals surface area contributed by atoms with Crippen molar-refractivity contribution in [1.29, 1.82) is 0 Å². The van der Waals surface area contributed by atoms with Crippen molar-refractivity contribution in [1.82, 2.24) is 4.98 Å². The van der Waals surface area contributed by atoms with Crippen molar-refractivity contribution in [3.05, 3.63) is 59.4 Å². The molecular weight excluding hydrogens is 282 g/mol. The number of aryl methyl sites for hydroxylation is 1. The number of unbranched alkanes of at least 4 members (excludes halogenated alkanes) is 2. The maximum atomic E-state index is 5.65. The zero-order valence-electron chi connectivity index (χ0n) is 14.7. The van der Waals surface area contributed by atoms with Gasteiger partial charge in [0.2, 0.25) is 0 Å². The van der Waals surface area contributed by atoms with Crippen molar-refractivity contribution >= 4 is 0 Å². The highest BCUT2D eigenvalue weighted by Gasteiger charge is 2.09. The van der Waals surface area contributed by atoms with Gasteiger partial charge in [0, 0.05) is 17.8 Å². The number of pyridine rings is 1. The van der Waals surface area contributed by atoms with E-state index >= 15 is 0 Å². The van der Waals surface area contributed by atoms with E-state index in [1.165, 1.54) is 36.1 Å². The van der Waals surface area contributed by atoms with E-state index in [2.05, 4.69) is 62.2 Å². The number of aromatic nitrogens is 1. The maximum absolute atomic E-state index is 5.65. The fourth-order valence-electron chi connectivity index (χ4n) is 2.66. The predicted molar refractivity (Wildman–Crippen MR) is 97.2 cm³/mol. The standard InChI is InChI=1S/C21H29NO/c1-4-6-7-8-20-12-9-19(16-22-20)17(3)18-10-13-21(14-11-18)23-15-5-2/h9-14,16-17H,4-8,15H2,1-3H3. The topological polar surface area (TPSA) is 22.1 Å². The molecule has 0 N–H and O–H groups in total. The molecule has 2 aromatic rings. The van der Waals surface area contributed by atoms with Gasteiger partial charge in [0.05, 0.1) is 6.61 Å². The van der Waals surface area contributed by atoms with Crippen molar-refractivity contribution < 1.29 is 4.74 Å². The third kappa shape index (κ3) is 5.38. The Hall–Kier alpha value is -1.83. The lowest BCUT2D eigenvalue weighted by atomic mass is 9.94. The molecule has 0 saturated carbocycles. The van der Waals surface area contributed by atoms with E-state index in [4.69, 9.17) is 4.74 Å². The Morgan fingerprint density at radius 1 is 0.913 bits per heavy atom. The minimum Gasteiger partial charge on any atom is -0.494 e. The van der Waals surface area contributed by atoms with E-state index in [9.17, 15) is 0 Å². The summed E-state index contributed by atoms with van der Waals surface area (Å²) in [6.07, 6.45) is 7.94. The van der Waals surface area contributed by atoms with Gasteiger partial charge < -0.3 is 4.74 Å². The molecule has 0 aliphatic heterocycles. The van der Waals surface area contributed by atoms with Crippen LogP contribution in [0.2, 0.25) is 0 Å². The summed E-state index contributed by atoms with van der Waals surface area (Å²) in [5.41, 5.74) is 3.78. The molecule has 2 heteroatoms. The Balaban J connectivity index is 1.97. The average Bonchev–Trinajstić information content (AvgIpc) is 2.61. The highest BCUT2D eigenvalue weighted by Crippen LogP contribution is 2.25. The summed E-state index contributed by atoms with van der Waals surface area (Å²) in [6.45, 7) is 7.36. The molecule has 1 heterocycles. The molecule has 23 heavy (non-hydrogen) atoms. The quantitative estimate of drug-likeness (QED) is 0.550. The summed E-state index contributed by atoms with van der Waals surface area (Å²) in [5.74, 6) is 1.31. The first-order chi connectivity index (χ1) is 11.2. The minimum atomic E-state index is 0.354. The monoisotopic (exact) mass is 311 g/mol. The van der Waals surface area contributed by atoms with Crippen LogP contribution in [0, 0.1) is 0 Å². The van der Waals surface area contributed by atoms with E-state index in [1.807, 2.05) is 6.20 Å². The first-order valence-electron chi connectivity index (χ1n) is 8.92. The fourth-order valence-corrected chi connectivity index (χ4v) is 2.66. The lowest BCUT2D eigenvalue weighted by Crippen LogP contribution is -1.99. The molecule has 1 unspecified atom stereocenters. The Labute approximate surface area is 140 Å². The maximum Gasteiger partial charge on any atom is 0.119 e. The molecule has 2 nitrogen and oxygen atoms in total. The Bertz CT molecular complexity index is 559. The number of rotatable bonds is 9. The lowest BCUT2D eigenvalue weighted by Gasteiger charge is -2.13. The van der Waals surface area contributed by atoms with Crippen LogP contribution in [0.5, 0.6) is 5.75 Å². The summed E-state index contributed by atoms with van der Waals surface area (Å²) < 4.78 is 5.65. The molecule has 2 rings (SSSR count). The number of nitrogens with zero attached hydrogens (tertiary/aromatic N) is 1. The molecular formula is C21H29NO. The van der Waals surface area contributed by atoms with Crippen LogP contribution in [0.15, 0.2) is 42.6 Å². The van der Waals surface area contributed by atoms with Crippen LogP contribution in [0.3, 0.4) is 0 Å². The van der Waals surface area contributed by atoms with Crippen LogP contribution < -0.4 is 4.74 Å². The summed E-state index contributed by atoms with van der Waals surface area (Å²) in [5, 5.41) is 0. The zero-order chi connectivity index (χ0) is 16.5. The lowest BCUT2D eigenvalue weighted by molar-refractivity contribution is 0.317.